The van der Waals surface area contributed by atoms with Gasteiger partial charge in [0.15, 0.2) is 0 Å². The van der Waals surface area contributed by atoms with E-state index in [9.17, 15) is 0 Å². The second-order valence-corrected chi connectivity index (χ2v) is 5.38. The van der Waals surface area contributed by atoms with Crippen molar-refractivity contribution in [1.82, 2.24) is 0 Å². The third-order valence-electron chi connectivity index (χ3n) is 2.73. The molecule has 0 fully saturated rings. The maximum absolute atomic E-state index is 2.27. The number of aryl methyl sites for hydroxylation is 2. The molecule has 0 heterocycles. The van der Waals surface area contributed by atoms with Gasteiger partial charge in [0.2, 0.25) is 0 Å². The quantitative estimate of drug-likeness (QED) is 0.697. The highest BCUT2D eigenvalue weighted by Crippen LogP contribution is 2.15. The van der Waals surface area contributed by atoms with Crippen LogP contribution in [-0.4, -0.2) is 5.75 Å². The molecule has 0 atom stereocenters. The monoisotopic (exact) mass is 242 g/mol. The van der Waals surface area contributed by atoms with Crippen LogP contribution in [0.25, 0.3) is 0 Å². The topological polar surface area (TPSA) is 0 Å². The van der Waals surface area contributed by atoms with Crippen molar-refractivity contribution in [3.63, 3.8) is 0 Å². The van der Waals surface area contributed by atoms with Gasteiger partial charge < -0.3 is 0 Å². The fourth-order valence-corrected chi connectivity index (χ4v) is 2.77. The SMILES string of the molecule is Cc1cccc(CSCCc2ccccc2)c1. The highest BCUT2D eigenvalue weighted by Gasteiger charge is 1.95. The van der Waals surface area contributed by atoms with Crippen molar-refractivity contribution in [3.05, 3.63) is 71.3 Å². The Hall–Kier alpha value is -1.21. The van der Waals surface area contributed by atoms with Gasteiger partial charge in [-0.3, -0.25) is 0 Å². The van der Waals surface area contributed by atoms with Crippen LogP contribution in [0.5, 0.6) is 0 Å². The predicted molar refractivity (Wildman–Crippen MR) is 77.5 cm³/mol. The number of rotatable bonds is 5. The largest absolute Gasteiger partial charge is 0.157 e. The minimum Gasteiger partial charge on any atom is -0.157 e. The van der Waals surface area contributed by atoms with Gasteiger partial charge in [0.05, 0.1) is 0 Å². The Morgan fingerprint density at radius 2 is 1.65 bits per heavy atom. The Balaban J connectivity index is 1.73. The molecule has 0 aliphatic rings. The van der Waals surface area contributed by atoms with E-state index in [1.807, 2.05) is 11.8 Å². The molecule has 0 saturated heterocycles. The highest BCUT2D eigenvalue weighted by atomic mass is 32.2. The van der Waals surface area contributed by atoms with Crippen LogP contribution >= 0.6 is 11.8 Å². The van der Waals surface area contributed by atoms with Gasteiger partial charge in [-0.25, -0.2) is 0 Å². The van der Waals surface area contributed by atoms with E-state index in [1.165, 1.54) is 22.4 Å². The van der Waals surface area contributed by atoms with Gasteiger partial charge in [-0.1, -0.05) is 60.2 Å². The molecule has 1 heteroatoms. The summed E-state index contributed by atoms with van der Waals surface area (Å²) in [6.45, 7) is 2.15. The van der Waals surface area contributed by atoms with Crippen molar-refractivity contribution in [2.75, 3.05) is 5.75 Å². The van der Waals surface area contributed by atoms with Crippen LogP contribution in [-0.2, 0) is 12.2 Å². The van der Waals surface area contributed by atoms with Crippen molar-refractivity contribution >= 4 is 11.8 Å². The molecule has 0 spiro atoms. The summed E-state index contributed by atoms with van der Waals surface area (Å²) in [6.07, 6.45) is 1.16. The van der Waals surface area contributed by atoms with Crippen LogP contribution < -0.4 is 0 Å². The maximum Gasteiger partial charge on any atom is 0.0184 e. The number of thioether (sulfide) groups is 1. The van der Waals surface area contributed by atoms with Gasteiger partial charge in [-0.2, -0.15) is 11.8 Å². The lowest BCUT2D eigenvalue weighted by atomic mass is 10.2. The predicted octanol–water partition coefficient (Wildman–Crippen LogP) is 4.47. The Labute approximate surface area is 108 Å². The molecule has 0 bridgehead atoms. The molecule has 2 aromatic carbocycles. The van der Waals surface area contributed by atoms with E-state index < -0.39 is 0 Å². The summed E-state index contributed by atoms with van der Waals surface area (Å²) in [5.74, 6) is 2.31. The Bertz CT molecular complexity index is 448. The maximum atomic E-state index is 2.27. The van der Waals surface area contributed by atoms with Crippen molar-refractivity contribution in [2.45, 2.75) is 19.1 Å². The molecule has 0 aliphatic carbocycles. The minimum atomic E-state index is 1.12. The third kappa shape index (κ3) is 4.27. The summed E-state index contributed by atoms with van der Waals surface area (Å²) in [7, 11) is 0. The molecule has 0 aliphatic heterocycles. The zero-order valence-corrected chi connectivity index (χ0v) is 11.0. The molecule has 0 nitrogen and oxygen atoms in total. The van der Waals surface area contributed by atoms with Crippen LogP contribution in [0.1, 0.15) is 16.7 Å². The van der Waals surface area contributed by atoms with E-state index in [2.05, 4.69) is 61.5 Å². The van der Waals surface area contributed by atoms with Crippen LogP contribution in [0, 0.1) is 6.92 Å². The van der Waals surface area contributed by atoms with E-state index in [4.69, 9.17) is 0 Å². The first-order chi connectivity index (χ1) is 8.34. The molecule has 2 rings (SSSR count). The smallest absolute Gasteiger partial charge is 0.0184 e. The van der Waals surface area contributed by atoms with Crippen molar-refractivity contribution in [2.24, 2.45) is 0 Å². The van der Waals surface area contributed by atoms with Crippen molar-refractivity contribution in [3.8, 4) is 0 Å². The van der Waals surface area contributed by atoms with Gasteiger partial charge >= 0.3 is 0 Å². The Kier molecular flexibility index (Phi) is 4.69. The average Bonchev–Trinajstić information content (AvgIpc) is 2.36. The van der Waals surface area contributed by atoms with E-state index in [1.54, 1.807) is 0 Å². The minimum absolute atomic E-state index is 1.12. The third-order valence-corrected chi connectivity index (χ3v) is 3.76. The summed E-state index contributed by atoms with van der Waals surface area (Å²) in [5, 5.41) is 0. The molecule has 17 heavy (non-hydrogen) atoms. The fraction of sp³-hybridized carbons (Fsp3) is 0.250. The summed E-state index contributed by atoms with van der Waals surface area (Å²) < 4.78 is 0. The van der Waals surface area contributed by atoms with E-state index in [0.29, 0.717) is 0 Å². The van der Waals surface area contributed by atoms with Gasteiger partial charge in [0, 0.05) is 5.75 Å². The molecular formula is C16H18S. The standard InChI is InChI=1S/C16H18S/c1-14-6-5-9-16(12-14)13-17-11-10-15-7-3-2-4-8-15/h2-9,12H,10-11,13H2,1H3. The lowest BCUT2D eigenvalue weighted by Gasteiger charge is -2.03. The number of hydrogen-bond acceptors (Lipinski definition) is 1. The molecule has 0 unspecified atom stereocenters. The Morgan fingerprint density at radius 3 is 2.41 bits per heavy atom. The van der Waals surface area contributed by atoms with Gasteiger partial charge in [0.25, 0.3) is 0 Å². The van der Waals surface area contributed by atoms with Crippen LogP contribution in [0.4, 0.5) is 0 Å². The fourth-order valence-electron chi connectivity index (χ4n) is 1.83. The van der Waals surface area contributed by atoms with Gasteiger partial charge in [0.1, 0.15) is 0 Å². The zero-order valence-electron chi connectivity index (χ0n) is 10.2. The van der Waals surface area contributed by atoms with E-state index in [0.717, 1.165) is 12.2 Å². The summed E-state index contributed by atoms with van der Waals surface area (Å²) in [5.41, 5.74) is 4.22. The van der Waals surface area contributed by atoms with Crippen LogP contribution in [0.2, 0.25) is 0 Å². The highest BCUT2D eigenvalue weighted by molar-refractivity contribution is 7.98. The normalized spacial score (nSPS) is 10.4. The first kappa shape index (κ1) is 12.3. The molecule has 0 aromatic heterocycles. The van der Waals surface area contributed by atoms with Crippen molar-refractivity contribution in [1.29, 1.82) is 0 Å². The van der Waals surface area contributed by atoms with Gasteiger partial charge in [-0.05, 0) is 30.2 Å². The second kappa shape index (κ2) is 6.51. The zero-order chi connectivity index (χ0) is 11.9. The van der Waals surface area contributed by atoms with Crippen LogP contribution in [0.3, 0.4) is 0 Å². The summed E-state index contributed by atoms with van der Waals surface area (Å²) in [4.78, 5) is 0. The van der Waals surface area contributed by atoms with Crippen molar-refractivity contribution < 1.29 is 0 Å². The molecule has 0 N–H and O–H groups in total. The lowest BCUT2D eigenvalue weighted by molar-refractivity contribution is 1.15. The summed E-state index contributed by atoms with van der Waals surface area (Å²) >= 11 is 2.01. The molecular weight excluding hydrogens is 224 g/mol. The second-order valence-electron chi connectivity index (χ2n) is 4.28. The molecule has 0 saturated carbocycles. The summed E-state index contributed by atoms with van der Waals surface area (Å²) in [6, 6.07) is 19.5. The number of hydrogen-bond donors (Lipinski definition) is 0. The molecule has 2 aromatic rings. The van der Waals surface area contributed by atoms with Crippen LogP contribution in [0.15, 0.2) is 54.6 Å². The Morgan fingerprint density at radius 1 is 0.882 bits per heavy atom. The first-order valence-electron chi connectivity index (χ1n) is 6.02. The van der Waals surface area contributed by atoms with E-state index >= 15 is 0 Å². The average molecular weight is 242 g/mol. The molecule has 0 radical (unpaired) electrons. The van der Waals surface area contributed by atoms with Gasteiger partial charge in [-0.15, -0.1) is 0 Å². The lowest BCUT2D eigenvalue weighted by Crippen LogP contribution is -1.89. The molecule has 0 amide bonds. The first-order valence-corrected chi connectivity index (χ1v) is 7.17. The van der Waals surface area contributed by atoms with E-state index in [-0.39, 0.29) is 0 Å². The number of benzene rings is 2. The molecule has 88 valence electrons.